The van der Waals surface area contributed by atoms with Crippen molar-refractivity contribution in [3.05, 3.63) is 44.8 Å². The second-order valence-corrected chi connectivity index (χ2v) is 7.24. The molecule has 2 rings (SSSR count). The molecule has 2 aromatic carbocycles. The van der Waals surface area contributed by atoms with E-state index in [-0.39, 0.29) is 5.75 Å². The molecule has 0 aliphatic heterocycles. The SMILES string of the molecule is CCCc1cc(Oc2c(Br)cc(NC(=O)CC(=O)O)cc2Br)ccc1O. The maximum absolute atomic E-state index is 11.6. The summed E-state index contributed by atoms with van der Waals surface area (Å²) in [5, 5.41) is 21.0. The summed E-state index contributed by atoms with van der Waals surface area (Å²) < 4.78 is 7.04. The number of rotatable bonds is 7. The molecule has 6 nitrogen and oxygen atoms in total. The minimum Gasteiger partial charge on any atom is -0.508 e. The molecule has 0 unspecified atom stereocenters. The number of amides is 1. The quantitative estimate of drug-likeness (QED) is 0.474. The minimum atomic E-state index is -1.20. The second-order valence-electron chi connectivity index (χ2n) is 5.53. The van der Waals surface area contributed by atoms with Gasteiger partial charge in [-0.2, -0.15) is 0 Å². The summed E-state index contributed by atoms with van der Waals surface area (Å²) in [5.41, 5.74) is 1.23. The van der Waals surface area contributed by atoms with E-state index in [9.17, 15) is 14.7 Å². The van der Waals surface area contributed by atoms with E-state index in [1.807, 2.05) is 6.92 Å². The van der Waals surface area contributed by atoms with E-state index in [0.717, 1.165) is 18.4 Å². The topological polar surface area (TPSA) is 95.9 Å². The number of aryl methyl sites for hydroxylation is 1. The average molecular weight is 487 g/mol. The maximum atomic E-state index is 11.6. The molecule has 0 saturated heterocycles. The summed E-state index contributed by atoms with van der Waals surface area (Å²) in [6.07, 6.45) is 1.02. The Kier molecular flexibility index (Phi) is 7.05. The van der Waals surface area contributed by atoms with Crippen LogP contribution in [-0.4, -0.2) is 22.1 Å². The number of hydrogen-bond acceptors (Lipinski definition) is 4. The molecule has 0 fully saturated rings. The molecule has 0 heterocycles. The highest BCUT2D eigenvalue weighted by molar-refractivity contribution is 9.11. The van der Waals surface area contributed by atoms with Gasteiger partial charge in [0.05, 0.1) is 8.95 Å². The number of hydrogen-bond donors (Lipinski definition) is 3. The van der Waals surface area contributed by atoms with E-state index in [4.69, 9.17) is 9.84 Å². The van der Waals surface area contributed by atoms with Crippen molar-refractivity contribution in [2.45, 2.75) is 26.2 Å². The van der Waals surface area contributed by atoms with E-state index < -0.39 is 18.3 Å². The molecule has 0 aliphatic rings. The number of aromatic hydroxyl groups is 1. The number of phenols is 1. The van der Waals surface area contributed by atoms with Crippen molar-refractivity contribution in [3.63, 3.8) is 0 Å². The van der Waals surface area contributed by atoms with Gasteiger partial charge >= 0.3 is 5.97 Å². The first-order valence-corrected chi connectivity index (χ1v) is 9.39. The highest BCUT2D eigenvalue weighted by Gasteiger charge is 2.14. The molecule has 0 saturated carbocycles. The summed E-state index contributed by atoms with van der Waals surface area (Å²) in [7, 11) is 0. The van der Waals surface area contributed by atoms with Gasteiger partial charge in [-0.25, -0.2) is 0 Å². The number of carbonyl (C=O) groups is 2. The highest BCUT2D eigenvalue weighted by atomic mass is 79.9. The van der Waals surface area contributed by atoms with Crippen LogP contribution in [0.25, 0.3) is 0 Å². The third-order valence-electron chi connectivity index (χ3n) is 3.38. The van der Waals surface area contributed by atoms with Crippen LogP contribution in [0.4, 0.5) is 5.69 Å². The molecule has 0 bridgehead atoms. The summed E-state index contributed by atoms with van der Waals surface area (Å²) in [6, 6.07) is 8.26. The van der Waals surface area contributed by atoms with Crippen LogP contribution in [0.5, 0.6) is 17.2 Å². The van der Waals surface area contributed by atoms with Crippen molar-refractivity contribution in [1.29, 1.82) is 0 Å². The van der Waals surface area contributed by atoms with Crippen molar-refractivity contribution in [2.75, 3.05) is 5.32 Å². The maximum Gasteiger partial charge on any atom is 0.312 e. The predicted molar refractivity (Wildman–Crippen MR) is 105 cm³/mol. The molecule has 8 heteroatoms. The molecule has 2 aromatic rings. The highest BCUT2D eigenvalue weighted by Crippen LogP contribution is 2.40. The molecule has 0 radical (unpaired) electrons. The van der Waals surface area contributed by atoms with Gasteiger partial charge in [0, 0.05) is 5.69 Å². The Morgan fingerprint density at radius 1 is 1.15 bits per heavy atom. The van der Waals surface area contributed by atoms with Gasteiger partial charge in [-0.1, -0.05) is 13.3 Å². The Bertz CT molecular complexity index is 815. The molecule has 26 heavy (non-hydrogen) atoms. The summed E-state index contributed by atoms with van der Waals surface area (Å²) in [5.74, 6) is -0.526. The molecule has 138 valence electrons. The molecule has 0 spiro atoms. The minimum absolute atomic E-state index is 0.230. The Hall–Kier alpha value is -2.06. The van der Waals surface area contributed by atoms with Gasteiger partial charge in [-0.05, 0) is 74.2 Å². The van der Waals surface area contributed by atoms with Gasteiger partial charge < -0.3 is 20.3 Å². The lowest BCUT2D eigenvalue weighted by molar-refractivity contribution is -0.139. The lowest BCUT2D eigenvalue weighted by atomic mass is 10.1. The van der Waals surface area contributed by atoms with Gasteiger partial charge in [0.25, 0.3) is 0 Å². The number of carbonyl (C=O) groups excluding carboxylic acids is 1. The van der Waals surface area contributed by atoms with Crippen LogP contribution in [0.2, 0.25) is 0 Å². The van der Waals surface area contributed by atoms with E-state index in [1.165, 1.54) is 0 Å². The third kappa shape index (κ3) is 5.47. The molecule has 0 aliphatic carbocycles. The van der Waals surface area contributed by atoms with Crippen LogP contribution in [0.3, 0.4) is 0 Å². The Labute approximate surface area is 167 Å². The molecule has 0 aromatic heterocycles. The first kappa shape index (κ1) is 20.3. The van der Waals surface area contributed by atoms with Crippen LogP contribution in [0.15, 0.2) is 39.3 Å². The number of aliphatic carboxylic acids is 1. The fourth-order valence-corrected chi connectivity index (χ4v) is 3.63. The number of anilines is 1. The van der Waals surface area contributed by atoms with Crippen molar-refractivity contribution < 1.29 is 24.5 Å². The fraction of sp³-hybridized carbons (Fsp3) is 0.222. The smallest absolute Gasteiger partial charge is 0.312 e. The average Bonchev–Trinajstić information content (AvgIpc) is 2.53. The summed E-state index contributed by atoms with van der Waals surface area (Å²) in [4.78, 5) is 22.1. The number of halogens is 2. The predicted octanol–water partition coefficient (Wildman–Crippen LogP) is 5.08. The van der Waals surface area contributed by atoms with E-state index in [2.05, 4.69) is 37.2 Å². The van der Waals surface area contributed by atoms with E-state index in [1.54, 1.807) is 30.3 Å². The van der Waals surface area contributed by atoms with Crippen molar-refractivity contribution in [1.82, 2.24) is 0 Å². The number of nitrogens with one attached hydrogen (secondary N) is 1. The Balaban J connectivity index is 2.22. The van der Waals surface area contributed by atoms with Gasteiger partial charge in [-0.3, -0.25) is 9.59 Å². The zero-order chi connectivity index (χ0) is 19.3. The van der Waals surface area contributed by atoms with Gasteiger partial charge in [-0.15, -0.1) is 0 Å². The normalized spacial score (nSPS) is 10.4. The van der Waals surface area contributed by atoms with Crippen molar-refractivity contribution in [3.8, 4) is 17.2 Å². The van der Waals surface area contributed by atoms with Crippen LogP contribution < -0.4 is 10.1 Å². The number of phenolic OH excluding ortho intramolecular Hbond substituents is 1. The number of carboxylic acids is 1. The van der Waals surface area contributed by atoms with Gasteiger partial charge in [0.1, 0.15) is 17.9 Å². The lowest BCUT2D eigenvalue weighted by Crippen LogP contribution is -2.15. The fourth-order valence-electron chi connectivity index (χ4n) is 2.28. The number of benzene rings is 2. The van der Waals surface area contributed by atoms with Crippen molar-refractivity contribution >= 4 is 49.4 Å². The van der Waals surface area contributed by atoms with Gasteiger partial charge in [0.15, 0.2) is 5.75 Å². The zero-order valence-corrected chi connectivity index (χ0v) is 17.1. The van der Waals surface area contributed by atoms with Gasteiger partial charge in [0.2, 0.25) is 5.91 Å². The molecule has 3 N–H and O–H groups in total. The summed E-state index contributed by atoms with van der Waals surface area (Å²) in [6.45, 7) is 2.03. The largest absolute Gasteiger partial charge is 0.508 e. The van der Waals surface area contributed by atoms with E-state index >= 15 is 0 Å². The van der Waals surface area contributed by atoms with E-state index in [0.29, 0.717) is 26.1 Å². The first-order valence-electron chi connectivity index (χ1n) is 7.80. The monoisotopic (exact) mass is 485 g/mol. The number of ether oxygens (including phenoxy) is 1. The van der Waals surface area contributed by atoms with Crippen LogP contribution in [-0.2, 0) is 16.0 Å². The summed E-state index contributed by atoms with van der Waals surface area (Å²) >= 11 is 6.78. The van der Waals surface area contributed by atoms with Crippen LogP contribution >= 0.6 is 31.9 Å². The number of carboxylic acid groups (broad SMARTS) is 1. The molecule has 0 atom stereocenters. The third-order valence-corrected chi connectivity index (χ3v) is 4.56. The van der Waals surface area contributed by atoms with Crippen LogP contribution in [0.1, 0.15) is 25.3 Å². The standard InChI is InChI=1S/C18H17Br2NO5/c1-2-3-10-6-12(4-5-15(10)22)26-18-13(19)7-11(8-14(18)20)21-16(23)9-17(24)25/h4-8,22H,2-3,9H2,1H3,(H,21,23)(H,24,25). The Morgan fingerprint density at radius 3 is 2.38 bits per heavy atom. The molecule has 1 amide bonds. The second kappa shape index (κ2) is 9.05. The van der Waals surface area contributed by atoms with Crippen molar-refractivity contribution in [2.24, 2.45) is 0 Å². The molecular weight excluding hydrogens is 470 g/mol. The first-order chi connectivity index (χ1) is 12.3. The van der Waals surface area contributed by atoms with Crippen LogP contribution in [0, 0.1) is 0 Å². The molecular formula is C18H17Br2NO5. The zero-order valence-electron chi connectivity index (χ0n) is 13.9. The Morgan fingerprint density at radius 2 is 1.81 bits per heavy atom. The lowest BCUT2D eigenvalue weighted by Gasteiger charge is -2.14.